The van der Waals surface area contributed by atoms with Crippen molar-refractivity contribution in [2.75, 3.05) is 59.2 Å². The number of hydrogen-bond acceptors (Lipinski definition) is 7. The number of hydrogen-bond donors (Lipinski definition) is 2. The van der Waals surface area contributed by atoms with Crippen molar-refractivity contribution in [1.82, 2.24) is 9.80 Å². The summed E-state index contributed by atoms with van der Waals surface area (Å²) in [7, 11) is 0. The Morgan fingerprint density at radius 2 is 1.79 bits per heavy atom. The van der Waals surface area contributed by atoms with Gasteiger partial charge >= 0.3 is 0 Å². The van der Waals surface area contributed by atoms with Gasteiger partial charge in [0.2, 0.25) is 11.8 Å². The van der Waals surface area contributed by atoms with Crippen LogP contribution in [-0.4, -0.2) is 109 Å². The molecule has 0 aliphatic carbocycles. The third kappa shape index (κ3) is 9.70. The molecule has 0 aromatic rings. The number of carbonyl (C=O) groups is 2. The van der Waals surface area contributed by atoms with Crippen molar-refractivity contribution < 1.29 is 34.0 Å². The maximum atomic E-state index is 13.1. The first kappa shape index (κ1) is 27.7. The second-order valence-corrected chi connectivity index (χ2v) is 9.29. The number of carbonyl (C=O) groups excluding carboxylic acids is 2. The first-order valence-electron chi connectivity index (χ1n) is 12.1. The van der Waals surface area contributed by atoms with Crippen LogP contribution in [0.4, 0.5) is 0 Å². The molecule has 2 amide bonds. The van der Waals surface area contributed by atoms with Crippen LogP contribution in [0.25, 0.3) is 0 Å². The third-order valence-corrected chi connectivity index (χ3v) is 6.17. The van der Waals surface area contributed by atoms with E-state index in [4.69, 9.17) is 14.2 Å². The molecule has 0 radical (unpaired) electrons. The summed E-state index contributed by atoms with van der Waals surface area (Å²) in [6.45, 7) is 8.66. The molecule has 1 saturated heterocycles. The Labute approximate surface area is 197 Å². The maximum absolute atomic E-state index is 13.1. The van der Waals surface area contributed by atoms with Gasteiger partial charge in [-0.3, -0.25) is 9.59 Å². The van der Waals surface area contributed by atoms with Gasteiger partial charge in [-0.05, 0) is 25.2 Å². The van der Waals surface area contributed by atoms with E-state index in [0.717, 1.165) is 6.42 Å². The lowest BCUT2D eigenvalue weighted by Gasteiger charge is -2.34. The van der Waals surface area contributed by atoms with Gasteiger partial charge in [0.25, 0.3) is 0 Å². The average molecular weight is 471 g/mol. The van der Waals surface area contributed by atoms with Crippen LogP contribution in [0.1, 0.15) is 40.0 Å². The molecule has 0 bridgehead atoms. The van der Waals surface area contributed by atoms with Crippen LogP contribution in [0, 0.1) is 11.8 Å². The van der Waals surface area contributed by atoms with Crippen LogP contribution in [0.5, 0.6) is 0 Å². The van der Waals surface area contributed by atoms with Gasteiger partial charge in [0, 0.05) is 58.8 Å². The fourth-order valence-electron chi connectivity index (χ4n) is 3.92. The largest absolute Gasteiger partial charge is 0.388 e. The molecule has 2 N–H and O–H groups in total. The van der Waals surface area contributed by atoms with Crippen LogP contribution in [0.15, 0.2) is 12.2 Å². The van der Waals surface area contributed by atoms with Gasteiger partial charge in [-0.2, -0.15) is 0 Å². The summed E-state index contributed by atoms with van der Waals surface area (Å²) < 4.78 is 16.8. The Hall–Kier alpha value is -1.52. The lowest BCUT2D eigenvalue weighted by Crippen LogP contribution is -2.51. The van der Waals surface area contributed by atoms with Crippen molar-refractivity contribution in [3.8, 4) is 0 Å². The quantitative estimate of drug-likeness (QED) is 0.573. The summed E-state index contributed by atoms with van der Waals surface area (Å²) in [5.41, 5.74) is 0. The van der Waals surface area contributed by atoms with Crippen LogP contribution >= 0.6 is 0 Å². The van der Waals surface area contributed by atoms with E-state index in [1.807, 2.05) is 6.08 Å². The molecule has 2 rings (SSSR count). The van der Waals surface area contributed by atoms with Crippen molar-refractivity contribution in [3.63, 3.8) is 0 Å². The zero-order valence-corrected chi connectivity index (χ0v) is 20.4. The van der Waals surface area contributed by atoms with Gasteiger partial charge in [0.1, 0.15) is 18.3 Å². The van der Waals surface area contributed by atoms with Gasteiger partial charge in [0.05, 0.1) is 13.2 Å². The first-order chi connectivity index (χ1) is 15.8. The van der Waals surface area contributed by atoms with E-state index >= 15 is 0 Å². The van der Waals surface area contributed by atoms with Crippen molar-refractivity contribution in [3.05, 3.63) is 12.2 Å². The van der Waals surface area contributed by atoms with Gasteiger partial charge in [-0.25, -0.2) is 0 Å². The minimum absolute atomic E-state index is 0.0552. The highest BCUT2D eigenvalue weighted by Crippen LogP contribution is 2.18. The fraction of sp³-hybridized carbons (Fsp3) is 0.833. The van der Waals surface area contributed by atoms with Crippen molar-refractivity contribution in [1.29, 1.82) is 0 Å². The molecule has 3 atom stereocenters. The molecule has 0 spiro atoms. The number of amides is 2. The minimum Gasteiger partial charge on any atom is -0.388 e. The highest BCUT2D eigenvalue weighted by atomic mass is 16.5. The van der Waals surface area contributed by atoms with E-state index in [0.29, 0.717) is 58.2 Å². The first-order valence-corrected chi connectivity index (χ1v) is 12.1. The second-order valence-electron chi connectivity index (χ2n) is 9.29. The summed E-state index contributed by atoms with van der Waals surface area (Å²) >= 11 is 0. The summed E-state index contributed by atoms with van der Waals surface area (Å²) in [4.78, 5) is 28.9. The molecule has 0 saturated carbocycles. The number of aliphatic hydroxyl groups is 2. The summed E-state index contributed by atoms with van der Waals surface area (Å²) in [6.07, 6.45) is 2.77. The van der Waals surface area contributed by atoms with E-state index in [1.54, 1.807) is 15.9 Å². The smallest absolute Gasteiger partial charge is 0.226 e. The molecule has 33 heavy (non-hydrogen) atoms. The fourth-order valence-corrected chi connectivity index (χ4v) is 3.92. The monoisotopic (exact) mass is 470 g/mol. The molecule has 0 aromatic heterocycles. The molecule has 2 aliphatic heterocycles. The second kappa shape index (κ2) is 14.7. The molecule has 190 valence electrons. The summed E-state index contributed by atoms with van der Waals surface area (Å²) in [5.74, 6) is 0.248. The molecule has 0 aromatic carbocycles. The van der Waals surface area contributed by atoms with Crippen LogP contribution in [0.2, 0.25) is 0 Å². The Morgan fingerprint density at radius 3 is 2.45 bits per heavy atom. The zero-order valence-electron chi connectivity index (χ0n) is 20.4. The minimum atomic E-state index is -1.20. The molecule has 2 aliphatic rings. The standard InChI is InChI=1S/C24H42N2O7/c1-18(2)6-15-33-22-16-26(19(3)27)11-10-25(24(30)20-7-13-31-14-8-20)9-4-5-12-32-17-21(28)23(22)29/h4-5,18,20-23,28-29H,6-17H2,1-3H3/b5-4+/t21-,22-,23-/m1/s1. The lowest BCUT2D eigenvalue weighted by molar-refractivity contribution is -0.143. The number of nitrogens with zero attached hydrogens (tertiary/aromatic N) is 2. The molecule has 2 heterocycles. The van der Waals surface area contributed by atoms with Crippen LogP contribution in [0.3, 0.4) is 0 Å². The van der Waals surface area contributed by atoms with Crippen molar-refractivity contribution in [2.24, 2.45) is 11.8 Å². The van der Waals surface area contributed by atoms with Gasteiger partial charge in [-0.1, -0.05) is 26.0 Å². The van der Waals surface area contributed by atoms with Gasteiger partial charge in [-0.15, -0.1) is 0 Å². The molecule has 0 unspecified atom stereocenters. The van der Waals surface area contributed by atoms with Gasteiger partial charge < -0.3 is 34.2 Å². The Bertz CT molecular complexity index is 622. The van der Waals surface area contributed by atoms with E-state index in [2.05, 4.69) is 13.8 Å². The molecule has 9 nitrogen and oxygen atoms in total. The van der Waals surface area contributed by atoms with Crippen LogP contribution in [-0.2, 0) is 23.8 Å². The molecular formula is C24H42N2O7. The van der Waals surface area contributed by atoms with E-state index in [1.165, 1.54) is 6.92 Å². The Morgan fingerprint density at radius 1 is 1.09 bits per heavy atom. The summed E-state index contributed by atoms with van der Waals surface area (Å²) in [5, 5.41) is 21.1. The van der Waals surface area contributed by atoms with E-state index in [-0.39, 0.29) is 37.5 Å². The third-order valence-electron chi connectivity index (χ3n) is 6.17. The average Bonchev–Trinajstić information content (AvgIpc) is 2.79. The Balaban J connectivity index is 2.15. The number of ether oxygens (including phenoxy) is 3. The maximum Gasteiger partial charge on any atom is 0.226 e. The zero-order chi connectivity index (χ0) is 24.2. The highest BCUT2D eigenvalue weighted by molar-refractivity contribution is 5.79. The topological polar surface area (TPSA) is 109 Å². The highest BCUT2D eigenvalue weighted by Gasteiger charge is 2.31. The SMILES string of the molecule is CC(=O)N1CCN(C(=O)C2CCOCC2)C/C=C/COC[C@@H](O)[C@@H](O)[C@H](OCCC(C)C)C1. The molecule has 1 fully saturated rings. The number of aliphatic hydroxyl groups excluding tert-OH is 2. The van der Waals surface area contributed by atoms with Crippen molar-refractivity contribution in [2.45, 2.75) is 58.3 Å². The number of rotatable bonds is 5. The predicted octanol–water partition coefficient (Wildman–Crippen LogP) is 0.830. The van der Waals surface area contributed by atoms with E-state index < -0.39 is 18.3 Å². The molecular weight excluding hydrogens is 428 g/mol. The normalized spacial score (nSPS) is 27.9. The molecule has 9 heteroatoms. The van der Waals surface area contributed by atoms with E-state index in [9.17, 15) is 19.8 Å². The van der Waals surface area contributed by atoms with Gasteiger partial charge in [0.15, 0.2) is 0 Å². The lowest BCUT2D eigenvalue weighted by atomic mass is 9.98. The Kier molecular flexibility index (Phi) is 12.3. The predicted molar refractivity (Wildman–Crippen MR) is 124 cm³/mol. The summed E-state index contributed by atoms with van der Waals surface area (Å²) in [6, 6.07) is 0. The van der Waals surface area contributed by atoms with Crippen LogP contribution < -0.4 is 0 Å². The van der Waals surface area contributed by atoms with Crippen molar-refractivity contribution >= 4 is 11.8 Å².